The smallest absolute Gasteiger partial charge is 0.300 e. The molecular weight excluding hydrogens is 258 g/mol. The van der Waals surface area contributed by atoms with Crippen LogP contribution in [0.5, 0.6) is 0 Å². The van der Waals surface area contributed by atoms with E-state index in [2.05, 4.69) is 15.9 Å². The predicted octanol–water partition coefficient (Wildman–Crippen LogP) is 0.491. The zero-order valence-corrected chi connectivity index (χ0v) is 9.16. The standard InChI is InChI=1S/C7H8BrNO5/c1-4(10)3-7(8,9(13)14)6(12)5(2)11/h3H2,1-2H3. The Morgan fingerprint density at radius 2 is 1.79 bits per heavy atom. The topological polar surface area (TPSA) is 94.3 Å². The Labute approximate surface area is 87.9 Å². The van der Waals surface area contributed by atoms with Gasteiger partial charge in [-0.1, -0.05) is 0 Å². The molecule has 6 nitrogen and oxygen atoms in total. The summed E-state index contributed by atoms with van der Waals surface area (Å²) in [5.41, 5.74) is 0. The molecule has 0 aliphatic rings. The Hall–Kier alpha value is -1.11. The lowest BCUT2D eigenvalue weighted by molar-refractivity contribution is -0.517. The summed E-state index contributed by atoms with van der Waals surface area (Å²) in [5.74, 6) is -2.73. The Kier molecular flexibility index (Phi) is 4.06. The van der Waals surface area contributed by atoms with E-state index in [9.17, 15) is 24.5 Å². The van der Waals surface area contributed by atoms with E-state index in [0.29, 0.717) is 0 Å². The van der Waals surface area contributed by atoms with E-state index >= 15 is 0 Å². The summed E-state index contributed by atoms with van der Waals surface area (Å²) < 4.78 is -2.30. The maximum absolute atomic E-state index is 11.2. The molecule has 0 saturated heterocycles. The van der Waals surface area contributed by atoms with Gasteiger partial charge in [0.2, 0.25) is 5.78 Å². The van der Waals surface area contributed by atoms with E-state index in [-0.39, 0.29) is 0 Å². The number of carbonyl (C=O) groups is 3. The molecule has 7 heteroatoms. The van der Waals surface area contributed by atoms with Crippen molar-refractivity contribution in [1.29, 1.82) is 0 Å². The molecule has 78 valence electrons. The van der Waals surface area contributed by atoms with Gasteiger partial charge in [-0.2, -0.15) is 0 Å². The summed E-state index contributed by atoms with van der Waals surface area (Å²) in [5, 5.41) is 10.5. The minimum absolute atomic E-state index is 0.548. The van der Waals surface area contributed by atoms with Gasteiger partial charge >= 0.3 is 4.45 Å². The van der Waals surface area contributed by atoms with E-state index in [1.165, 1.54) is 0 Å². The van der Waals surface area contributed by atoms with E-state index in [1.807, 2.05) is 0 Å². The normalized spacial score (nSPS) is 14.2. The predicted molar refractivity (Wildman–Crippen MR) is 49.6 cm³/mol. The fraction of sp³-hybridized carbons (Fsp3) is 0.571. The lowest BCUT2D eigenvalue weighted by Crippen LogP contribution is -2.45. The molecule has 0 rings (SSSR count). The lowest BCUT2D eigenvalue weighted by Gasteiger charge is -2.13. The van der Waals surface area contributed by atoms with Gasteiger partial charge in [0.25, 0.3) is 5.78 Å². The van der Waals surface area contributed by atoms with E-state index in [1.54, 1.807) is 0 Å². The second-order valence-electron chi connectivity index (χ2n) is 2.78. The molecule has 14 heavy (non-hydrogen) atoms. The first-order valence-corrected chi connectivity index (χ1v) is 4.39. The van der Waals surface area contributed by atoms with Crippen LogP contribution in [0.15, 0.2) is 0 Å². The number of alkyl halides is 1. The number of hydrogen-bond acceptors (Lipinski definition) is 5. The van der Waals surface area contributed by atoms with Crippen LogP contribution >= 0.6 is 15.9 Å². The molecule has 1 unspecified atom stereocenters. The van der Waals surface area contributed by atoms with Gasteiger partial charge in [0.1, 0.15) is 5.78 Å². The largest absolute Gasteiger partial charge is 0.345 e. The molecule has 0 heterocycles. The van der Waals surface area contributed by atoms with Crippen molar-refractivity contribution in [2.75, 3.05) is 0 Å². The van der Waals surface area contributed by atoms with Crippen molar-refractivity contribution < 1.29 is 19.3 Å². The van der Waals surface area contributed by atoms with Crippen molar-refractivity contribution in [1.82, 2.24) is 0 Å². The van der Waals surface area contributed by atoms with Crippen molar-refractivity contribution in [2.24, 2.45) is 0 Å². The number of nitro groups is 1. The summed E-state index contributed by atoms with van der Waals surface area (Å²) in [7, 11) is 0. The van der Waals surface area contributed by atoms with Crippen LogP contribution in [0.3, 0.4) is 0 Å². The SMILES string of the molecule is CC(=O)CC(Br)(C(=O)C(C)=O)[N+](=O)[O-]. The van der Waals surface area contributed by atoms with Crippen LogP contribution in [0.4, 0.5) is 0 Å². The van der Waals surface area contributed by atoms with E-state index in [0.717, 1.165) is 13.8 Å². The fourth-order valence-electron chi connectivity index (χ4n) is 0.827. The highest BCUT2D eigenvalue weighted by Gasteiger charge is 2.51. The Balaban J connectivity index is 5.10. The molecule has 0 aromatic carbocycles. The number of ketones is 3. The molecular formula is C7H8BrNO5. The van der Waals surface area contributed by atoms with Gasteiger partial charge in [0.15, 0.2) is 0 Å². The average molecular weight is 266 g/mol. The van der Waals surface area contributed by atoms with Crippen LogP contribution in [-0.4, -0.2) is 26.7 Å². The fourth-order valence-corrected chi connectivity index (χ4v) is 1.50. The maximum atomic E-state index is 11.2. The molecule has 1 atom stereocenters. The highest BCUT2D eigenvalue weighted by molar-refractivity contribution is 9.10. The van der Waals surface area contributed by atoms with Crippen molar-refractivity contribution in [3.63, 3.8) is 0 Å². The first-order valence-electron chi connectivity index (χ1n) is 3.60. The third-order valence-electron chi connectivity index (χ3n) is 1.44. The third kappa shape index (κ3) is 2.69. The molecule has 0 bridgehead atoms. The lowest BCUT2D eigenvalue weighted by atomic mass is 10.0. The summed E-state index contributed by atoms with van der Waals surface area (Å²) >= 11 is 2.53. The van der Waals surface area contributed by atoms with Crippen molar-refractivity contribution >= 4 is 33.3 Å². The molecule has 0 aromatic rings. The minimum Gasteiger partial charge on any atom is -0.300 e. The zero-order chi connectivity index (χ0) is 11.5. The van der Waals surface area contributed by atoms with Gasteiger partial charge in [-0.3, -0.25) is 24.5 Å². The highest BCUT2D eigenvalue weighted by atomic mass is 79.9. The number of carbonyl (C=O) groups excluding carboxylic acids is 3. The van der Waals surface area contributed by atoms with Gasteiger partial charge < -0.3 is 0 Å². The van der Waals surface area contributed by atoms with Crippen LogP contribution in [0.1, 0.15) is 20.3 Å². The van der Waals surface area contributed by atoms with Gasteiger partial charge in [-0.05, 0) is 6.92 Å². The molecule has 0 N–H and O–H groups in total. The molecule has 0 aliphatic carbocycles. The van der Waals surface area contributed by atoms with Crippen LogP contribution in [0.2, 0.25) is 0 Å². The number of hydrogen-bond donors (Lipinski definition) is 0. The molecule has 0 radical (unpaired) electrons. The van der Waals surface area contributed by atoms with E-state index in [4.69, 9.17) is 0 Å². The van der Waals surface area contributed by atoms with Crippen molar-refractivity contribution in [3.05, 3.63) is 10.1 Å². The van der Waals surface area contributed by atoms with Gasteiger partial charge in [0.05, 0.1) is 6.42 Å². The molecule has 0 spiro atoms. The summed E-state index contributed by atoms with van der Waals surface area (Å²) in [6.45, 7) is 2.02. The minimum atomic E-state index is -2.30. The number of halogens is 1. The van der Waals surface area contributed by atoms with Crippen molar-refractivity contribution in [2.45, 2.75) is 24.7 Å². The first kappa shape index (κ1) is 12.9. The molecule has 0 amide bonds. The van der Waals surface area contributed by atoms with Crippen LogP contribution in [0, 0.1) is 10.1 Å². The van der Waals surface area contributed by atoms with Gasteiger partial charge in [-0.15, -0.1) is 0 Å². The van der Waals surface area contributed by atoms with Crippen LogP contribution in [-0.2, 0) is 14.4 Å². The monoisotopic (exact) mass is 265 g/mol. The molecule has 0 saturated carbocycles. The van der Waals surface area contributed by atoms with Crippen LogP contribution in [0.25, 0.3) is 0 Å². The van der Waals surface area contributed by atoms with Gasteiger partial charge in [-0.25, -0.2) is 0 Å². The summed E-state index contributed by atoms with van der Waals surface area (Å²) in [6.07, 6.45) is -0.640. The Morgan fingerprint density at radius 1 is 1.36 bits per heavy atom. The number of nitrogens with zero attached hydrogens (tertiary/aromatic N) is 1. The summed E-state index contributed by atoms with van der Waals surface area (Å²) in [4.78, 5) is 42.1. The van der Waals surface area contributed by atoms with E-state index < -0.39 is 33.1 Å². The quantitative estimate of drug-likeness (QED) is 0.237. The highest BCUT2D eigenvalue weighted by Crippen LogP contribution is 2.25. The molecule has 0 aromatic heterocycles. The van der Waals surface area contributed by atoms with Gasteiger partial charge in [0, 0.05) is 27.8 Å². The second-order valence-corrected chi connectivity index (χ2v) is 4.09. The zero-order valence-electron chi connectivity index (χ0n) is 7.57. The Bertz CT molecular complexity index is 313. The summed E-state index contributed by atoms with van der Waals surface area (Å²) in [6, 6.07) is 0. The maximum Gasteiger partial charge on any atom is 0.345 e. The number of Topliss-reactive ketones (excluding diaryl/α,β-unsaturated/α-hetero) is 3. The molecule has 0 aliphatic heterocycles. The molecule has 0 fully saturated rings. The first-order chi connectivity index (χ1) is 6.21. The Morgan fingerprint density at radius 3 is 2.00 bits per heavy atom. The van der Waals surface area contributed by atoms with Crippen molar-refractivity contribution in [3.8, 4) is 0 Å². The third-order valence-corrected chi connectivity index (χ3v) is 2.37. The number of rotatable bonds is 5. The van der Waals surface area contributed by atoms with Crippen LogP contribution < -0.4 is 0 Å². The second kappa shape index (κ2) is 4.41. The average Bonchev–Trinajstić information content (AvgIpc) is 2.00.